The second-order valence-corrected chi connectivity index (χ2v) is 4.02. The molecule has 1 aliphatic carbocycles. The zero-order valence-electron chi connectivity index (χ0n) is 7.22. The summed E-state index contributed by atoms with van der Waals surface area (Å²) < 4.78 is 5.75. The van der Waals surface area contributed by atoms with Gasteiger partial charge in [0.05, 0.1) is 6.10 Å². The average Bonchev–Trinajstić information content (AvgIpc) is 2.49. The molecule has 2 rings (SSSR count). The van der Waals surface area contributed by atoms with Crippen LogP contribution in [-0.4, -0.2) is 12.7 Å². The van der Waals surface area contributed by atoms with Crippen LogP contribution in [0.4, 0.5) is 0 Å². The summed E-state index contributed by atoms with van der Waals surface area (Å²) in [4.78, 5) is 0. The topological polar surface area (TPSA) is 9.23 Å². The van der Waals surface area contributed by atoms with Crippen molar-refractivity contribution >= 4 is 0 Å². The van der Waals surface area contributed by atoms with Crippen molar-refractivity contribution in [1.82, 2.24) is 0 Å². The Morgan fingerprint density at radius 1 is 0.909 bits per heavy atom. The highest BCUT2D eigenvalue weighted by atomic mass is 16.5. The number of rotatable bonds is 0. The monoisotopic (exact) mass is 154 g/mol. The first-order valence-electron chi connectivity index (χ1n) is 5.07. The molecule has 2 unspecified atom stereocenters. The standard InChI is InChI=1S/C10H18O/c1-2-4-9-5-6-10(8-9)11-7-3-1/h9-10H,1-8H2. The number of hydrogen-bond donors (Lipinski definition) is 0. The van der Waals surface area contributed by atoms with Crippen LogP contribution in [0.15, 0.2) is 0 Å². The molecule has 2 fully saturated rings. The first-order valence-corrected chi connectivity index (χ1v) is 5.07. The van der Waals surface area contributed by atoms with Crippen LogP contribution in [0.2, 0.25) is 0 Å². The zero-order chi connectivity index (χ0) is 7.52. The Bertz CT molecular complexity index is 108. The smallest absolute Gasteiger partial charge is 0.0577 e. The van der Waals surface area contributed by atoms with Gasteiger partial charge in [0, 0.05) is 6.61 Å². The Hall–Kier alpha value is -0.0400. The maximum atomic E-state index is 5.75. The van der Waals surface area contributed by atoms with Crippen molar-refractivity contribution in [3.8, 4) is 0 Å². The minimum atomic E-state index is 0.637. The lowest BCUT2D eigenvalue weighted by atomic mass is 10.0. The van der Waals surface area contributed by atoms with Crippen LogP contribution in [0.3, 0.4) is 0 Å². The third kappa shape index (κ3) is 1.96. The zero-order valence-corrected chi connectivity index (χ0v) is 7.22. The van der Waals surface area contributed by atoms with Crippen LogP contribution >= 0.6 is 0 Å². The van der Waals surface area contributed by atoms with E-state index in [9.17, 15) is 0 Å². The van der Waals surface area contributed by atoms with Gasteiger partial charge in [-0.05, 0) is 31.6 Å². The van der Waals surface area contributed by atoms with E-state index in [1.54, 1.807) is 0 Å². The van der Waals surface area contributed by atoms with Gasteiger partial charge in [0.2, 0.25) is 0 Å². The highest BCUT2D eigenvalue weighted by molar-refractivity contribution is 4.76. The summed E-state index contributed by atoms with van der Waals surface area (Å²) in [5.41, 5.74) is 0. The van der Waals surface area contributed by atoms with Gasteiger partial charge in [-0.2, -0.15) is 0 Å². The predicted octanol–water partition coefficient (Wildman–Crippen LogP) is 2.75. The van der Waals surface area contributed by atoms with E-state index in [4.69, 9.17) is 4.74 Å². The average molecular weight is 154 g/mol. The minimum Gasteiger partial charge on any atom is -0.378 e. The molecule has 64 valence electrons. The molecule has 2 atom stereocenters. The maximum Gasteiger partial charge on any atom is 0.0577 e. The summed E-state index contributed by atoms with van der Waals surface area (Å²) in [5, 5.41) is 0. The summed E-state index contributed by atoms with van der Waals surface area (Å²) in [5.74, 6) is 1.01. The van der Waals surface area contributed by atoms with Gasteiger partial charge < -0.3 is 4.74 Å². The van der Waals surface area contributed by atoms with Crippen molar-refractivity contribution in [2.45, 2.75) is 51.0 Å². The van der Waals surface area contributed by atoms with Gasteiger partial charge in [0.15, 0.2) is 0 Å². The van der Waals surface area contributed by atoms with Crippen LogP contribution in [-0.2, 0) is 4.74 Å². The normalized spacial score (nSPS) is 39.3. The SMILES string of the molecule is C1CCOC2CCC(CC1)C2. The molecule has 0 radical (unpaired) electrons. The molecule has 1 nitrogen and oxygen atoms in total. The van der Waals surface area contributed by atoms with E-state index in [1.165, 1.54) is 44.9 Å². The highest BCUT2D eigenvalue weighted by Gasteiger charge is 2.25. The first kappa shape index (κ1) is 7.60. The molecule has 1 aliphatic heterocycles. The molecular formula is C10H18O. The largest absolute Gasteiger partial charge is 0.378 e. The summed E-state index contributed by atoms with van der Waals surface area (Å²) in [6, 6.07) is 0. The van der Waals surface area contributed by atoms with Gasteiger partial charge in [0.25, 0.3) is 0 Å². The molecule has 2 aliphatic rings. The molecule has 2 bridgehead atoms. The molecule has 0 spiro atoms. The Kier molecular flexibility index (Phi) is 2.47. The summed E-state index contributed by atoms with van der Waals surface area (Å²) in [6.45, 7) is 1.03. The van der Waals surface area contributed by atoms with Gasteiger partial charge in [0.1, 0.15) is 0 Å². The summed E-state index contributed by atoms with van der Waals surface area (Å²) >= 11 is 0. The van der Waals surface area contributed by atoms with Crippen molar-refractivity contribution in [2.75, 3.05) is 6.61 Å². The Morgan fingerprint density at radius 3 is 2.91 bits per heavy atom. The van der Waals surface area contributed by atoms with Crippen molar-refractivity contribution in [3.63, 3.8) is 0 Å². The second kappa shape index (κ2) is 3.57. The molecule has 1 saturated heterocycles. The quantitative estimate of drug-likeness (QED) is 0.521. The third-order valence-corrected chi connectivity index (χ3v) is 3.10. The number of hydrogen-bond acceptors (Lipinski definition) is 1. The van der Waals surface area contributed by atoms with E-state index in [0.717, 1.165) is 12.5 Å². The van der Waals surface area contributed by atoms with Gasteiger partial charge in [-0.3, -0.25) is 0 Å². The summed E-state index contributed by atoms with van der Waals surface area (Å²) in [6.07, 6.45) is 10.4. The van der Waals surface area contributed by atoms with Crippen LogP contribution in [0, 0.1) is 5.92 Å². The van der Waals surface area contributed by atoms with Crippen LogP contribution in [0.5, 0.6) is 0 Å². The molecule has 1 heterocycles. The molecule has 1 heteroatoms. The third-order valence-electron chi connectivity index (χ3n) is 3.10. The van der Waals surface area contributed by atoms with E-state index < -0.39 is 0 Å². The Balaban J connectivity index is 1.88. The van der Waals surface area contributed by atoms with E-state index in [1.807, 2.05) is 0 Å². The molecule has 1 saturated carbocycles. The molecule has 0 N–H and O–H groups in total. The molecule has 0 amide bonds. The van der Waals surface area contributed by atoms with Gasteiger partial charge in [-0.25, -0.2) is 0 Å². The summed E-state index contributed by atoms with van der Waals surface area (Å²) in [7, 11) is 0. The van der Waals surface area contributed by atoms with Gasteiger partial charge in [-0.15, -0.1) is 0 Å². The van der Waals surface area contributed by atoms with E-state index in [0.29, 0.717) is 6.10 Å². The molecule has 11 heavy (non-hydrogen) atoms. The number of fused-ring (bicyclic) bond motifs is 2. The van der Waals surface area contributed by atoms with E-state index in [-0.39, 0.29) is 0 Å². The Labute approximate surface area is 69.1 Å². The first-order chi connectivity index (χ1) is 5.45. The number of ether oxygens (including phenoxy) is 1. The van der Waals surface area contributed by atoms with E-state index >= 15 is 0 Å². The van der Waals surface area contributed by atoms with Crippen molar-refractivity contribution < 1.29 is 4.74 Å². The minimum absolute atomic E-state index is 0.637. The lowest BCUT2D eigenvalue weighted by molar-refractivity contribution is 0.0557. The van der Waals surface area contributed by atoms with Crippen LogP contribution in [0.25, 0.3) is 0 Å². The fraction of sp³-hybridized carbons (Fsp3) is 1.00. The Morgan fingerprint density at radius 2 is 1.91 bits per heavy atom. The molecule has 0 aromatic rings. The van der Waals surface area contributed by atoms with Crippen molar-refractivity contribution in [2.24, 2.45) is 5.92 Å². The second-order valence-electron chi connectivity index (χ2n) is 4.02. The lowest BCUT2D eigenvalue weighted by Gasteiger charge is -2.09. The fourth-order valence-corrected chi connectivity index (χ4v) is 2.40. The van der Waals surface area contributed by atoms with Crippen molar-refractivity contribution in [1.29, 1.82) is 0 Å². The van der Waals surface area contributed by atoms with E-state index in [2.05, 4.69) is 0 Å². The highest BCUT2D eigenvalue weighted by Crippen LogP contribution is 2.32. The maximum absolute atomic E-state index is 5.75. The lowest BCUT2D eigenvalue weighted by Crippen LogP contribution is -2.08. The van der Waals surface area contributed by atoms with Gasteiger partial charge in [-0.1, -0.05) is 19.3 Å². The molecular weight excluding hydrogens is 136 g/mol. The van der Waals surface area contributed by atoms with Crippen molar-refractivity contribution in [3.05, 3.63) is 0 Å². The fourth-order valence-electron chi connectivity index (χ4n) is 2.40. The van der Waals surface area contributed by atoms with Crippen LogP contribution in [0.1, 0.15) is 44.9 Å². The van der Waals surface area contributed by atoms with Gasteiger partial charge >= 0.3 is 0 Å². The molecule has 0 aromatic carbocycles. The van der Waals surface area contributed by atoms with Crippen LogP contribution < -0.4 is 0 Å². The predicted molar refractivity (Wildman–Crippen MR) is 45.5 cm³/mol. The molecule has 0 aromatic heterocycles.